The van der Waals surface area contributed by atoms with Crippen LogP contribution in [0.2, 0.25) is 0 Å². The van der Waals surface area contributed by atoms with Crippen LogP contribution in [0, 0.1) is 6.92 Å². The Morgan fingerprint density at radius 1 is 0.939 bits per heavy atom. The maximum absolute atomic E-state index is 13.6. The number of carbonyl (C=O) groups excluding carboxylic acids is 1. The molecule has 2 aromatic rings. The minimum absolute atomic E-state index is 0.137. The van der Waals surface area contributed by atoms with Crippen LogP contribution in [0.3, 0.4) is 0 Å². The average molecular weight is 494 g/mol. The van der Waals surface area contributed by atoms with Gasteiger partial charge in [-0.1, -0.05) is 37.3 Å². The summed E-state index contributed by atoms with van der Waals surface area (Å²) in [6.45, 7) is 7.80. The van der Waals surface area contributed by atoms with Gasteiger partial charge >= 0.3 is 0 Å². The van der Waals surface area contributed by atoms with Crippen LogP contribution in [-0.2, 0) is 24.7 Å². The molecule has 10 heteroatoms. The number of rotatable bonds is 7. The third-order valence-corrected chi connectivity index (χ3v) is 9.92. The van der Waals surface area contributed by atoms with E-state index in [4.69, 9.17) is 0 Å². The molecular formula is C23H31N3O5S2. The minimum atomic E-state index is -4.06. The summed E-state index contributed by atoms with van der Waals surface area (Å²) in [5, 5.41) is 2.91. The Hall–Kier alpha value is -2.27. The largest absolute Gasteiger partial charge is 0.325 e. The summed E-state index contributed by atoms with van der Waals surface area (Å²) in [7, 11) is -7.78. The molecular weight excluding hydrogens is 462 g/mol. The zero-order chi connectivity index (χ0) is 24.4. The van der Waals surface area contributed by atoms with Gasteiger partial charge in [-0.15, -0.1) is 0 Å². The fraction of sp³-hybridized carbons (Fsp3) is 0.435. The average Bonchev–Trinajstić information content (AvgIpc) is 2.74. The summed E-state index contributed by atoms with van der Waals surface area (Å²) in [4.78, 5) is 14.1. The summed E-state index contributed by atoms with van der Waals surface area (Å²) in [6, 6.07) is 12.4. The predicted molar refractivity (Wildman–Crippen MR) is 128 cm³/mol. The van der Waals surface area contributed by atoms with Crippen molar-refractivity contribution in [3.05, 3.63) is 54.1 Å². The van der Waals surface area contributed by atoms with E-state index in [-0.39, 0.29) is 28.0 Å². The number of hydrogen-bond donors (Lipinski definition) is 1. The van der Waals surface area contributed by atoms with Gasteiger partial charge in [0.05, 0.1) is 17.2 Å². The highest BCUT2D eigenvalue weighted by molar-refractivity contribution is 7.93. The monoisotopic (exact) mass is 493 g/mol. The van der Waals surface area contributed by atoms with E-state index in [1.807, 2.05) is 36.1 Å². The second-order valence-corrected chi connectivity index (χ2v) is 12.5. The Labute approximate surface area is 196 Å². The highest BCUT2D eigenvalue weighted by atomic mass is 32.2. The molecule has 1 fully saturated rings. The predicted octanol–water partition coefficient (Wildman–Crippen LogP) is 2.51. The lowest BCUT2D eigenvalue weighted by Crippen LogP contribution is -2.59. The lowest BCUT2D eigenvalue weighted by atomic mass is 10.1. The number of sulfonamides is 1. The standard InChI is InChI=1S/C23H31N3O5S2/c1-5-32(28,29)21-12-8-9-13-22(21)33(30,31)26-18(3)14-25(15-19(26)4)16-23(27)24-20-11-7-6-10-17(20)2/h6-13,18-19H,5,14-16H2,1-4H3,(H,24,27)/t18-,19+. The lowest BCUT2D eigenvalue weighted by Gasteiger charge is -2.43. The van der Waals surface area contributed by atoms with Gasteiger partial charge in [-0.3, -0.25) is 9.69 Å². The first-order chi connectivity index (χ1) is 15.5. The van der Waals surface area contributed by atoms with E-state index >= 15 is 0 Å². The molecule has 8 nitrogen and oxygen atoms in total. The summed E-state index contributed by atoms with van der Waals surface area (Å²) in [5.41, 5.74) is 1.71. The van der Waals surface area contributed by atoms with Gasteiger partial charge < -0.3 is 5.32 Å². The number of carbonyl (C=O) groups is 1. The maximum atomic E-state index is 13.6. The van der Waals surface area contributed by atoms with E-state index in [9.17, 15) is 21.6 Å². The molecule has 2 atom stereocenters. The van der Waals surface area contributed by atoms with Gasteiger partial charge in [0.2, 0.25) is 15.9 Å². The second-order valence-electron chi connectivity index (χ2n) is 8.44. The van der Waals surface area contributed by atoms with E-state index in [0.29, 0.717) is 13.1 Å². The number of hydrogen-bond acceptors (Lipinski definition) is 6. The summed E-state index contributed by atoms with van der Waals surface area (Å²) >= 11 is 0. The molecule has 2 aromatic carbocycles. The molecule has 0 bridgehead atoms. The fourth-order valence-electron chi connectivity index (χ4n) is 4.32. The molecule has 33 heavy (non-hydrogen) atoms. The number of piperazine rings is 1. The van der Waals surface area contributed by atoms with E-state index in [0.717, 1.165) is 11.3 Å². The molecule has 0 unspecified atom stereocenters. The van der Waals surface area contributed by atoms with Gasteiger partial charge in [0, 0.05) is 30.9 Å². The molecule has 1 aliphatic rings. The van der Waals surface area contributed by atoms with Crippen molar-refractivity contribution in [1.29, 1.82) is 0 Å². The van der Waals surface area contributed by atoms with Crippen LogP contribution in [0.5, 0.6) is 0 Å². The Morgan fingerprint density at radius 3 is 2.06 bits per heavy atom. The molecule has 1 N–H and O–H groups in total. The van der Waals surface area contributed by atoms with Crippen LogP contribution in [0.1, 0.15) is 26.3 Å². The summed E-state index contributed by atoms with van der Waals surface area (Å²) in [5.74, 6) is -0.353. The number of anilines is 1. The molecule has 0 radical (unpaired) electrons. The molecule has 0 aliphatic carbocycles. The number of aryl methyl sites for hydroxylation is 1. The molecule has 1 saturated heterocycles. The third-order valence-electron chi connectivity index (χ3n) is 5.82. The third kappa shape index (κ3) is 5.46. The maximum Gasteiger partial charge on any atom is 0.244 e. The lowest BCUT2D eigenvalue weighted by molar-refractivity contribution is -0.118. The summed E-state index contributed by atoms with van der Waals surface area (Å²) < 4.78 is 53.5. The van der Waals surface area contributed by atoms with Gasteiger partial charge in [0.15, 0.2) is 9.84 Å². The smallest absolute Gasteiger partial charge is 0.244 e. The highest BCUT2D eigenvalue weighted by Gasteiger charge is 2.40. The zero-order valence-electron chi connectivity index (χ0n) is 19.4. The van der Waals surface area contributed by atoms with Crippen molar-refractivity contribution in [2.24, 2.45) is 0 Å². The second kappa shape index (κ2) is 9.92. The number of nitrogens with zero attached hydrogens (tertiary/aromatic N) is 2. The van der Waals surface area contributed by atoms with Crippen molar-refractivity contribution in [2.45, 2.75) is 49.6 Å². The van der Waals surface area contributed by atoms with Crippen molar-refractivity contribution >= 4 is 31.5 Å². The molecule has 1 amide bonds. The van der Waals surface area contributed by atoms with Gasteiger partial charge in [-0.2, -0.15) is 4.31 Å². The first-order valence-electron chi connectivity index (χ1n) is 10.9. The van der Waals surface area contributed by atoms with Crippen molar-refractivity contribution in [1.82, 2.24) is 9.21 Å². The first kappa shape index (κ1) is 25.4. The number of benzene rings is 2. The molecule has 180 valence electrons. The first-order valence-corrected chi connectivity index (χ1v) is 14.0. The van der Waals surface area contributed by atoms with Crippen LogP contribution in [0.4, 0.5) is 5.69 Å². The Balaban J connectivity index is 1.78. The van der Waals surface area contributed by atoms with Gasteiger partial charge in [0.1, 0.15) is 4.90 Å². The van der Waals surface area contributed by atoms with Crippen LogP contribution < -0.4 is 5.32 Å². The van der Waals surface area contributed by atoms with Gasteiger partial charge in [-0.25, -0.2) is 16.8 Å². The van der Waals surface area contributed by atoms with Crippen molar-refractivity contribution in [2.75, 3.05) is 30.7 Å². The minimum Gasteiger partial charge on any atom is -0.325 e. The molecule has 1 heterocycles. The van der Waals surface area contributed by atoms with Crippen LogP contribution in [-0.4, -0.2) is 69.4 Å². The number of amides is 1. The molecule has 0 aromatic heterocycles. The quantitative estimate of drug-likeness (QED) is 0.636. The van der Waals surface area contributed by atoms with Crippen molar-refractivity contribution < 1.29 is 21.6 Å². The molecule has 0 saturated carbocycles. The number of sulfone groups is 1. The zero-order valence-corrected chi connectivity index (χ0v) is 21.0. The van der Waals surface area contributed by atoms with Gasteiger partial charge in [-0.05, 0) is 44.5 Å². The van der Waals surface area contributed by atoms with Crippen LogP contribution in [0.25, 0.3) is 0 Å². The number of nitrogens with one attached hydrogen (secondary N) is 1. The van der Waals surface area contributed by atoms with Crippen LogP contribution >= 0.6 is 0 Å². The van der Waals surface area contributed by atoms with Gasteiger partial charge in [0.25, 0.3) is 0 Å². The Kier molecular flexibility index (Phi) is 7.62. The summed E-state index contributed by atoms with van der Waals surface area (Å²) in [6.07, 6.45) is 0. The molecule has 0 spiro atoms. The van der Waals surface area contributed by atoms with E-state index in [1.54, 1.807) is 13.8 Å². The molecule has 3 rings (SSSR count). The van der Waals surface area contributed by atoms with E-state index < -0.39 is 31.9 Å². The molecule has 1 aliphatic heterocycles. The van der Waals surface area contributed by atoms with E-state index in [1.165, 1.54) is 35.5 Å². The normalized spacial score (nSPS) is 20.5. The SMILES string of the molecule is CCS(=O)(=O)c1ccccc1S(=O)(=O)N1[C@H](C)CN(CC(=O)Nc2ccccc2C)C[C@@H]1C. The van der Waals surface area contributed by atoms with Crippen molar-refractivity contribution in [3.8, 4) is 0 Å². The Bertz CT molecular complexity index is 1220. The topological polar surface area (TPSA) is 104 Å². The van der Waals surface area contributed by atoms with Crippen LogP contribution in [0.15, 0.2) is 58.3 Å². The number of para-hydroxylation sites is 1. The fourth-order valence-corrected chi connectivity index (χ4v) is 7.86. The highest BCUT2D eigenvalue weighted by Crippen LogP contribution is 2.30. The van der Waals surface area contributed by atoms with E-state index in [2.05, 4.69) is 5.32 Å². The van der Waals surface area contributed by atoms with Crippen molar-refractivity contribution in [3.63, 3.8) is 0 Å². The Morgan fingerprint density at radius 2 is 1.48 bits per heavy atom.